The Hall–Kier alpha value is -3.02. The zero-order valence-corrected chi connectivity index (χ0v) is 23.8. The predicted molar refractivity (Wildman–Crippen MR) is 97.9 cm³/mol. The fraction of sp³-hybridized carbons (Fsp3) is 0.944. The van der Waals surface area contributed by atoms with Crippen LogP contribution in [0, 0.1) is 0 Å². The van der Waals surface area contributed by atoms with Gasteiger partial charge in [-0.05, 0) is 0 Å². The Labute approximate surface area is 278 Å². The van der Waals surface area contributed by atoms with E-state index in [-0.39, 0.29) is 6.15 Å². The monoisotopic (exact) mass is 931 g/mol. The zero-order valence-electron chi connectivity index (χ0n) is 23.8. The van der Waals surface area contributed by atoms with Crippen molar-refractivity contribution in [2.24, 2.45) is 0 Å². The smallest absolute Gasteiger partial charge is 0.460 e. The third kappa shape index (κ3) is 5.89. The molecule has 338 valence electrons. The van der Waals surface area contributed by atoms with E-state index in [9.17, 15) is 158 Å². The summed E-state index contributed by atoms with van der Waals surface area (Å²) in [6.45, 7) is 0. The summed E-state index contributed by atoms with van der Waals surface area (Å²) in [6, 6.07) is 0. The number of halogens is 35. The first-order valence-corrected chi connectivity index (χ1v) is 11.3. The highest BCUT2D eigenvalue weighted by Crippen LogP contribution is 2.70. The highest BCUT2D eigenvalue weighted by molar-refractivity contribution is 5.77. The average molecular weight is 931 g/mol. The first-order valence-electron chi connectivity index (χ1n) is 11.3. The summed E-state index contributed by atoms with van der Waals surface area (Å²) in [5, 5.41) is 7.66. The van der Waals surface area contributed by atoms with Crippen LogP contribution in [0.5, 0.6) is 0 Å². The first-order chi connectivity index (χ1) is 22.9. The van der Waals surface area contributed by atoms with Gasteiger partial charge in [0.15, 0.2) is 0 Å². The summed E-state index contributed by atoms with van der Waals surface area (Å²) in [7, 11) is 0. The largest absolute Gasteiger partial charge is 0.477 e. The van der Waals surface area contributed by atoms with Crippen LogP contribution in [0.3, 0.4) is 0 Å². The summed E-state index contributed by atoms with van der Waals surface area (Å²) in [5.74, 6) is -161. The molecule has 0 fully saturated rings. The zero-order chi connectivity index (χ0) is 46.1. The van der Waals surface area contributed by atoms with Gasteiger partial charge in [-0.1, -0.05) is 0 Å². The lowest BCUT2D eigenvalue weighted by Crippen LogP contribution is -2.80. The Morgan fingerprint density at radius 1 is 0.232 bits per heavy atom. The molecule has 0 unspecified atom stereocenters. The van der Waals surface area contributed by atoms with Gasteiger partial charge in [0, 0.05) is 0 Å². The van der Waals surface area contributed by atoms with Gasteiger partial charge >= 0.3 is 107 Å². The Morgan fingerprint density at radius 2 is 0.339 bits per heavy atom. The maximum Gasteiger partial charge on any atom is 0.460 e. The second-order valence-electron chi connectivity index (χ2n) is 9.99. The summed E-state index contributed by atoms with van der Waals surface area (Å²) in [6.07, 6.45) is -8.44. The van der Waals surface area contributed by atoms with Crippen molar-refractivity contribution in [1.29, 1.82) is 0 Å². The van der Waals surface area contributed by atoms with E-state index in [1.54, 1.807) is 0 Å². The molecule has 0 rings (SSSR count). The lowest BCUT2D eigenvalue weighted by atomic mass is 9.82. The molecular weight excluding hydrogens is 927 g/mol. The Bertz CT molecular complexity index is 1450. The molecule has 0 bridgehead atoms. The molecule has 0 aliphatic rings. The van der Waals surface area contributed by atoms with E-state index < -0.39 is 107 Å². The van der Waals surface area contributed by atoms with Gasteiger partial charge in [0.2, 0.25) is 0 Å². The van der Waals surface area contributed by atoms with Gasteiger partial charge < -0.3 is 11.3 Å². The van der Waals surface area contributed by atoms with Crippen LogP contribution in [0.1, 0.15) is 0 Å². The molecule has 0 aromatic rings. The number of aliphatic carboxylic acids is 1. The SMILES string of the molecule is N.O=C(O)C(F)(F)C(F)(F)C(F)(F)C(F)(F)C(F)(F)C(F)(F)C(F)(F)C(F)(F)C(F)(F)C(F)(F)C(F)(F)C(F)(F)C(F)(F)C(F)(F)C(F)(F)C(F)(F)C(F)(F)F. The molecule has 4 N–H and O–H groups in total. The number of carboxylic acid groups (broad SMARTS) is 1. The van der Waals surface area contributed by atoms with Crippen LogP contribution in [0.4, 0.5) is 154 Å². The van der Waals surface area contributed by atoms with Crippen molar-refractivity contribution in [3.8, 4) is 0 Å². The summed E-state index contributed by atoms with van der Waals surface area (Å²) in [5.41, 5.74) is 0. The molecule has 0 atom stereocenters. The molecule has 0 saturated carbocycles. The molecule has 3 nitrogen and oxygen atoms in total. The van der Waals surface area contributed by atoms with Crippen LogP contribution in [-0.2, 0) is 4.79 Å². The number of rotatable bonds is 16. The number of carboxylic acids is 1. The van der Waals surface area contributed by atoms with Gasteiger partial charge in [-0.25, -0.2) is 4.79 Å². The van der Waals surface area contributed by atoms with Gasteiger partial charge in [0.05, 0.1) is 0 Å². The number of hydrogen-bond acceptors (Lipinski definition) is 2. The molecule has 0 aromatic heterocycles. The van der Waals surface area contributed by atoms with Gasteiger partial charge in [0.1, 0.15) is 0 Å². The van der Waals surface area contributed by atoms with E-state index in [4.69, 9.17) is 5.11 Å². The summed E-state index contributed by atoms with van der Waals surface area (Å²) < 4.78 is 468. The Balaban J connectivity index is 0. The molecule has 0 amide bonds. The summed E-state index contributed by atoms with van der Waals surface area (Å²) >= 11 is 0. The van der Waals surface area contributed by atoms with E-state index in [0.29, 0.717) is 0 Å². The van der Waals surface area contributed by atoms with Crippen molar-refractivity contribution in [2.75, 3.05) is 0 Å². The highest BCUT2D eigenvalue weighted by Gasteiger charge is 3.02. The molecule has 0 heterocycles. The average Bonchev–Trinajstić information content (AvgIpc) is 2.94. The molecule has 0 aliphatic carbocycles. The van der Waals surface area contributed by atoms with Crippen LogP contribution in [-0.4, -0.2) is 112 Å². The molecule has 0 spiro atoms. The summed E-state index contributed by atoms with van der Waals surface area (Å²) in [4.78, 5) is 9.95. The predicted octanol–water partition coefficient (Wildman–Crippen LogP) is 11.0. The maximum absolute atomic E-state index is 13.8. The van der Waals surface area contributed by atoms with Crippen LogP contribution >= 0.6 is 0 Å². The lowest BCUT2D eigenvalue weighted by Gasteiger charge is -2.47. The third-order valence-corrected chi connectivity index (χ3v) is 6.54. The van der Waals surface area contributed by atoms with Gasteiger partial charge in [0.25, 0.3) is 0 Å². The fourth-order valence-electron chi connectivity index (χ4n) is 3.07. The van der Waals surface area contributed by atoms with Crippen molar-refractivity contribution >= 4 is 5.97 Å². The van der Waals surface area contributed by atoms with E-state index in [2.05, 4.69) is 0 Å². The van der Waals surface area contributed by atoms with E-state index in [1.807, 2.05) is 0 Å². The molecule has 56 heavy (non-hydrogen) atoms. The van der Waals surface area contributed by atoms with Crippen LogP contribution in [0.25, 0.3) is 0 Å². The van der Waals surface area contributed by atoms with Crippen molar-refractivity contribution in [1.82, 2.24) is 6.15 Å². The quantitative estimate of drug-likeness (QED) is 0.152. The highest BCUT2D eigenvalue weighted by atomic mass is 19.4. The maximum atomic E-state index is 13.8. The topological polar surface area (TPSA) is 72.3 Å². The molecule has 0 aliphatic heterocycles. The Morgan fingerprint density at radius 3 is 0.446 bits per heavy atom. The fourth-order valence-corrected chi connectivity index (χ4v) is 3.07. The van der Waals surface area contributed by atoms with Crippen LogP contribution in [0.15, 0.2) is 0 Å². The number of carbonyl (C=O) groups is 1. The van der Waals surface area contributed by atoms with Crippen molar-refractivity contribution in [2.45, 2.75) is 101 Å². The first kappa shape index (κ1) is 55.1. The van der Waals surface area contributed by atoms with E-state index >= 15 is 0 Å². The minimum atomic E-state index is -10.4. The standard InChI is InChI=1S/C18HF35O2.H3N/c19-2(20,1(54)55)3(21,22)4(23,24)5(25,26)6(27,28)7(29,30)8(31,32)9(33,34)10(35,36)11(37,38)12(39,40)13(41,42)14(43,44)15(45,46)16(47,48)17(49,50)18(51,52)53;/h(H,54,55);1H3. The number of hydrogen-bond donors (Lipinski definition) is 2. The van der Waals surface area contributed by atoms with Crippen molar-refractivity contribution in [3.05, 3.63) is 0 Å². The second kappa shape index (κ2) is 13.0. The van der Waals surface area contributed by atoms with Crippen molar-refractivity contribution in [3.63, 3.8) is 0 Å². The minimum absolute atomic E-state index is 0. The van der Waals surface area contributed by atoms with Crippen LogP contribution in [0.2, 0.25) is 0 Å². The number of alkyl halides is 35. The molecule has 0 aromatic carbocycles. The second-order valence-corrected chi connectivity index (χ2v) is 9.99. The van der Waals surface area contributed by atoms with E-state index in [1.165, 1.54) is 0 Å². The van der Waals surface area contributed by atoms with Gasteiger partial charge in [-0.3, -0.25) is 0 Å². The molecule has 0 saturated heterocycles. The third-order valence-electron chi connectivity index (χ3n) is 6.54. The van der Waals surface area contributed by atoms with Crippen molar-refractivity contribution < 1.29 is 164 Å². The molecule has 38 heteroatoms. The Kier molecular flexibility index (Phi) is 12.8. The normalized spacial score (nSPS) is 16.8. The molecular formula is C18H4F35NO2. The molecule has 0 radical (unpaired) electrons. The minimum Gasteiger partial charge on any atom is -0.477 e. The van der Waals surface area contributed by atoms with E-state index in [0.717, 1.165) is 0 Å². The lowest BCUT2D eigenvalue weighted by molar-refractivity contribution is -0.492. The van der Waals surface area contributed by atoms with Gasteiger partial charge in [-0.15, -0.1) is 0 Å². The van der Waals surface area contributed by atoms with Crippen LogP contribution < -0.4 is 6.15 Å². The van der Waals surface area contributed by atoms with Gasteiger partial charge in [-0.2, -0.15) is 154 Å².